The summed E-state index contributed by atoms with van der Waals surface area (Å²) >= 11 is 0. The number of rotatable bonds is 3. The predicted octanol–water partition coefficient (Wildman–Crippen LogP) is 4.88. The molecule has 2 aliphatic rings. The Morgan fingerprint density at radius 1 is 1.03 bits per heavy atom. The summed E-state index contributed by atoms with van der Waals surface area (Å²) in [6.07, 6.45) is 2.98. The van der Waals surface area contributed by atoms with Gasteiger partial charge in [-0.15, -0.1) is 0 Å². The van der Waals surface area contributed by atoms with Crippen LogP contribution in [0.5, 0.6) is 5.75 Å². The van der Waals surface area contributed by atoms with Crippen LogP contribution in [0.4, 0.5) is 10.1 Å². The zero-order valence-electron chi connectivity index (χ0n) is 17.5. The van der Waals surface area contributed by atoms with Crippen LogP contribution in [0.15, 0.2) is 66.7 Å². The highest BCUT2D eigenvalue weighted by molar-refractivity contribution is 6.04. The molecule has 1 atom stereocenters. The first-order valence-electron chi connectivity index (χ1n) is 10.8. The number of hydrogen-bond donors (Lipinski definition) is 1. The van der Waals surface area contributed by atoms with E-state index >= 15 is 0 Å². The van der Waals surface area contributed by atoms with Gasteiger partial charge in [0, 0.05) is 16.8 Å². The normalized spacial score (nSPS) is 17.6. The molecule has 1 aliphatic carbocycles. The summed E-state index contributed by atoms with van der Waals surface area (Å²) < 4.78 is 18.9. The van der Waals surface area contributed by atoms with Gasteiger partial charge in [0.2, 0.25) is 0 Å². The Bertz CT molecular complexity index is 1180. The maximum Gasteiger partial charge on any atom is 0.261 e. The summed E-state index contributed by atoms with van der Waals surface area (Å²) in [5.41, 5.74) is 4.31. The van der Waals surface area contributed by atoms with Gasteiger partial charge in [-0.25, -0.2) is 4.39 Å². The average molecular weight is 430 g/mol. The van der Waals surface area contributed by atoms with Crippen molar-refractivity contribution in [2.24, 2.45) is 0 Å². The van der Waals surface area contributed by atoms with E-state index in [0.29, 0.717) is 23.5 Å². The lowest BCUT2D eigenvalue weighted by Crippen LogP contribution is -2.37. The van der Waals surface area contributed by atoms with Crippen molar-refractivity contribution in [1.29, 1.82) is 0 Å². The van der Waals surface area contributed by atoms with Crippen molar-refractivity contribution in [3.05, 3.63) is 94.8 Å². The summed E-state index contributed by atoms with van der Waals surface area (Å²) in [6, 6.07) is 19.1. The van der Waals surface area contributed by atoms with E-state index in [1.54, 1.807) is 12.1 Å². The van der Waals surface area contributed by atoms with E-state index in [9.17, 15) is 14.0 Å². The summed E-state index contributed by atoms with van der Waals surface area (Å²) in [6.45, 7) is 0.403. The Morgan fingerprint density at radius 3 is 2.69 bits per heavy atom. The highest BCUT2D eigenvalue weighted by atomic mass is 19.1. The highest BCUT2D eigenvalue weighted by Gasteiger charge is 2.32. The highest BCUT2D eigenvalue weighted by Crippen LogP contribution is 2.37. The second-order valence-electron chi connectivity index (χ2n) is 8.20. The molecule has 0 saturated heterocycles. The topological polar surface area (TPSA) is 58.6 Å². The molecule has 0 bridgehead atoms. The summed E-state index contributed by atoms with van der Waals surface area (Å²) in [4.78, 5) is 27.4. The van der Waals surface area contributed by atoms with Crippen LogP contribution in [0.2, 0.25) is 0 Å². The Morgan fingerprint density at radius 2 is 1.84 bits per heavy atom. The first kappa shape index (κ1) is 20.2. The number of amides is 2. The first-order valence-corrected chi connectivity index (χ1v) is 10.8. The van der Waals surface area contributed by atoms with E-state index in [1.165, 1.54) is 35.4 Å². The lowest BCUT2D eigenvalue weighted by atomic mass is 9.86. The van der Waals surface area contributed by atoms with Crippen molar-refractivity contribution < 1.29 is 18.7 Å². The molecule has 3 aromatic rings. The number of hydrogen-bond acceptors (Lipinski definition) is 3. The standard InChI is InChI=1S/C26H23FN2O3/c27-20-10-8-18(9-11-20)26(31)28-21-12-13-24-19(14-21)15-29(25(30)16-32-24)23-7-3-5-17-4-1-2-6-22(17)23/h1-2,4,6,8-14,23H,3,5,7,15-16H2,(H,28,31)/t23-/m0/s1. The summed E-state index contributed by atoms with van der Waals surface area (Å²) in [5.74, 6) is -0.115. The van der Waals surface area contributed by atoms with Gasteiger partial charge in [-0.2, -0.15) is 0 Å². The molecule has 2 amide bonds. The van der Waals surface area contributed by atoms with Gasteiger partial charge < -0.3 is 15.0 Å². The predicted molar refractivity (Wildman–Crippen MR) is 119 cm³/mol. The molecule has 0 spiro atoms. The fraction of sp³-hybridized carbons (Fsp3) is 0.231. The molecule has 1 heterocycles. The third kappa shape index (κ3) is 3.96. The Labute approximate surface area is 185 Å². The zero-order chi connectivity index (χ0) is 22.1. The van der Waals surface area contributed by atoms with E-state index in [0.717, 1.165) is 24.8 Å². The maximum atomic E-state index is 13.1. The number of nitrogens with one attached hydrogen (secondary N) is 1. The maximum absolute atomic E-state index is 13.1. The molecule has 0 saturated carbocycles. The van der Waals surface area contributed by atoms with Crippen LogP contribution in [-0.2, 0) is 17.8 Å². The largest absolute Gasteiger partial charge is 0.483 e. The van der Waals surface area contributed by atoms with Crippen molar-refractivity contribution in [1.82, 2.24) is 4.90 Å². The van der Waals surface area contributed by atoms with Gasteiger partial charge in [0.05, 0.1) is 12.6 Å². The van der Waals surface area contributed by atoms with Crippen molar-refractivity contribution in [2.45, 2.75) is 31.8 Å². The second-order valence-corrected chi connectivity index (χ2v) is 8.20. The molecule has 3 aromatic carbocycles. The van der Waals surface area contributed by atoms with Crippen LogP contribution < -0.4 is 10.1 Å². The van der Waals surface area contributed by atoms with Crippen molar-refractivity contribution in [2.75, 3.05) is 11.9 Å². The monoisotopic (exact) mass is 430 g/mol. The van der Waals surface area contributed by atoms with Crippen LogP contribution in [-0.4, -0.2) is 23.3 Å². The van der Waals surface area contributed by atoms with Gasteiger partial charge in [-0.3, -0.25) is 9.59 Å². The molecular weight excluding hydrogens is 407 g/mol. The van der Waals surface area contributed by atoms with Crippen molar-refractivity contribution in [3.8, 4) is 5.75 Å². The molecular formula is C26H23FN2O3. The zero-order valence-corrected chi connectivity index (χ0v) is 17.5. The lowest BCUT2D eigenvalue weighted by molar-refractivity contribution is -0.136. The number of ether oxygens (including phenoxy) is 1. The van der Waals surface area contributed by atoms with Gasteiger partial charge in [0.15, 0.2) is 6.61 Å². The first-order chi connectivity index (χ1) is 15.6. The fourth-order valence-electron chi connectivity index (χ4n) is 4.56. The Kier molecular flexibility index (Phi) is 5.35. The molecule has 5 nitrogen and oxygen atoms in total. The third-order valence-corrected chi connectivity index (χ3v) is 6.15. The van der Waals surface area contributed by atoms with Crippen LogP contribution in [0.25, 0.3) is 0 Å². The van der Waals surface area contributed by atoms with E-state index in [1.807, 2.05) is 23.1 Å². The summed E-state index contributed by atoms with van der Waals surface area (Å²) in [5, 5.41) is 2.85. The minimum absolute atomic E-state index is 0.00699. The van der Waals surface area contributed by atoms with E-state index in [4.69, 9.17) is 4.74 Å². The molecule has 0 fully saturated rings. The van der Waals surface area contributed by atoms with Crippen LogP contribution in [0.3, 0.4) is 0 Å². The molecule has 0 unspecified atom stereocenters. The number of carbonyl (C=O) groups excluding carboxylic acids is 2. The van der Waals surface area contributed by atoms with Gasteiger partial charge in [-0.1, -0.05) is 24.3 Å². The number of nitrogens with zero attached hydrogens (tertiary/aromatic N) is 1. The number of halogens is 1. The quantitative estimate of drug-likeness (QED) is 0.645. The molecule has 6 heteroatoms. The molecule has 0 radical (unpaired) electrons. The Balaban J connectivity index is 1.41. The number of aryl methyl sites for hydroxylation is 1. The van der Waals surface area contributed by atoms with Crippen molar-refractivity contribution in [3.63, 3.8) is 0 Å². The lowest BCUT2D eigenvalue weighted by Gasteiger charge is -2.35. The van der Waals surface area contributed by atoms with Gasteiger partial charge in [-0.05, 0) is 72.9 Å². The van der Waals surface area contributed by atoms with Crippen LogP contribution in [0, 0.1) is 5.82 Å². The van der Waals surface area contributed by atoms with Crippen LogP contribution >= 0.6 is 0 Å². The number of benzene rings is 3. The van der Waals surface area contributed by atoms with Crippen molar-refractivity contribution >= 4 is 17.5 Å². The number of fused-ring (bicyclic) bond motifs is 2. The van der Waals surface area contributed by atoms with E-state index < -0.39 is 5.82 Å². The molecule has 0 aromatic heterocycles. The van der Waals surface area contributed by atoms with E-state index in [2.05, 4.69) is 17.4 Å². The molecule has 5 rings (SSSR count). The summed E-state index contributed by atoms with van der Waals surface area (Å²) in [7, 11) is 0. The molecule has 32 heavy (non-hydrogen) atoms. The Hall–Kier alpha value is -3.67. The minimum Gasteiger partial charge on any atom is -0.483 e. The number of anilines is 1. The molecule has 1 N–H and O–H groups in total. The second kappa shape index (κ2) is 8.46. The van der Waals surface area contributed by atoms with E-state index in [-0.39, 0.29) is 24.5 Å². The molecule has 162 valence electrons. The van der Waals surface area contributed by atoms with Crippen LogP contribution in [0.1, 0.15) is 45.9 Å². The SMILES string of the molecule is O=C(Nc1ccc2c(c1)CN([C@H]1CCCc3ccccc31)C(=O)CO2)c1ccc(F)cc1. The fourth-order valence-corrected chi connectivity index (χ4v) is 4.56. The molecule has 1 aliphatic heterocycles. The third-order valence-electron chi connectivity index (χ3n) is 6.15. The smallest absolute Gasteiger partial charge is 0.261 e. The average Bonchev–Trinajstić information content (AvgIpc) is 2.97. The van der Waals surface area contributed by atoms with Gasteiger partial charge in [0.1, 0.15) is 11.6 Å². The number of carbonyl (C=O) groups is 2. The van der Waals surface area contributed by atoms with Gasteiger partial charge >= 0.3 is 0 Å². The minimum atomic E-state index is -0.391. The van der Waals surface area contributed by atoms with Gasteiger partial charge in [0.25, 0.3) is 11.8 Å².